The van der Waals surface area contributed by atoms with Gasteiger partial charge in [0.05, 0.1) is 4.90 Å². The summed E-state index contributed by atoms with van der Waals surface area (Å²) in [5, 5.41) is 4.98. The Morgan fingerprint density at radius 1 is 1.03 bits per heavy atom. The van der Waals surface area contributed by atoms with Crippen molar-refractivity contribution in [3.63, 3.8) is 0 Å². The first-order valence-corrected chi connectivity index (χ1v) is 11.1. The molecule has 0 bridgehead atoms. The zero-order valence-corrected chi connectivity index (χ0v) is 17.4. The van der Waals surface area contributed by atoms with Crippen molar-refractivity contribution < 1.29 is 22.4 Å². The third-order valence-electron chi connectivity index (χ3n) is 5.02. The number of amides is 2. The molecule has 0 aliphatic carbocycles. The van der Waals surface area contributed by atoms with E-state index in [0.29, 0.717) is 24.9 Å². The molecule has 9 heteroatoms. The van der Waals surface area contributed by atoms with Gasteiger partial charge in [-0.2, -0.15) is 4.31 Å². The molecule has 1 aliphatic heterocycles. The van der Waals surface area contributed by atoms with Crippen molar-refractivity contribution in [2.24, 2.45) is 0 Å². The topological polar surface area (TPSA) is 95.6 Å². The van der Waals surface area contributed by atoms with E-state index in [4.69, 9.17) is 0 Å². The fraction of sp³-hybridized carbons (Fsp3) is 0.333. The average Bonchev–Trinajstić information content (AvgIpc) is 3.21. The number of hydrogen-bond donors (Lipinski definition) is 2. The van der Waals surface area contributed by atoms with E-state index in [1.54, 1.807) is 24.3 Å². The van der Waals surface area contributed by atoms with E-state index < -0.39 is 27.9 Å². The summed E-state index contributed by atoms with van der Waals surface area (Å²) in [5.41, 5.74) is 1.62. The van der Waals surface area contributed by atoms with Crippen LogP contribution >= 0.6 is 0 Å². The minimum absolute atomic E-state index is 0.0495. The smallest absolute Gasteiger partial charge is 0.309 e. The van der Waals surface area contributed by atoms with Crippen LogP contribution in [0.2, 0.25) is 0 Å². The van der Waals surface area contributed by atoms with E-state index in [-0.39, 0.29) is 23.8 Å². The van der Waals surface area contributed by atoms with Crippen LogP contribution in [-0.4, -0.2) is 43.7 Å². The van der Waals surface area contributed by atoms with Gasteiger partial charge in [0.1, 0.15) is 5.82 Å². The summed E-state index contributed by atoms with van der Waals surface area (Å²) in [6, 6.07) is 11.8. The molecule has 2 amide bonds. The molecule has 1 atom stereocenters. The van der Waals surface area contributed by atoms with Gasteiger partial charge in [-0.3, -0.25) is 9.59 Å². The molecule has 0 saturated carbocycles. The minimum Gasteiger partial charge on any atom is -0.346 e. The fourth-order valence-corrected chi connectivity index (χ4v) is 5.02. The van der Waals surface area contributed by atoms with Crippen molar-refractivity contribution in [2.75, 3.05) is 13.1 Å². The lowest BCUT2D eigenvalue weighted by molar-refractivity contribution is -0.139. The van der Waals surface area contributed by atoms with E-state index in [1.807, 2.05) is 6.92 Å². The maximum Gasteiger partial charge on any atom is 0.309 e. The standard InChI is InChI=1S/C21H24FN3O4S/c1-15-4-10-19(11-5-15)30(28,29)25-12-2-3-18(25)14-24-21(27)20(26)23-13-16-6-8-17(22)9-7-16/h4-11,18H,2-3,12-14H2,1H3,(H,23,26)(H,24,27)/t18-/m0/s1. The summed E-state index contributed by atoms with van der Waals surface area (Å²) in [7, 11) is -3.67. The van der Waals surface area contributed by atoms with E-state index in [2.05, 4.69) is 10.6 Å². The Bertz CT molecular complexity index is 1010. The molecule has 0 spiro atoms. The number of halogens is 1. The van der Waals surface area contributed by atoms with Gasteiger partial charge in [-0.15, -0.1) is 0 Å². The zero-order valence-electron chi connectivity index (χ0n) is 16.6. The first-order valence-electron chi connectivity index (χ1n) is 9.66. The number of carbonyl (C=O) groups excluding carboxylic acids is 2. The fourth-order valence-electron chi connectivity index (χ4n) is 3.33. The maximum absolute atomic E-state index is 12.9. The number of nitrogens with zero attached hydrogens (tertiary/aromatic N) is 1. The molecule has 2 aromatic rings. The molecular weight excluding hydrogens is 409 g/mol. The van der Waals surface area contributed by atoms with Crippen LogP contribution < -0.4 is 10.6 Å². The van der Waals surface area contributed by atoms with Crippen LogP contribution in [0.25, 0.3) is 0 Å². The second-order valence-corrected chi connectivity index (χ2v) is 9.13. The average molecular weight is 434 g/mol. The molecule has 2 aromatic carbocycles. The zero-order chi connectivity index (χ0) is 21.7. The Morgan fingerprint density at radius 3 is 2.33 bits per heavy atom. The second-order valence-electron chi connectivity index (χ2n) is 7.24. The highest BCUT2D eigenvalue weighted by atomic mass is 32.2. The van der Waals surface area contributed by atoms with Crippen molar-refractivity contribution in [2.45, 2.75) is 37.2 Å². The molecular formula is C21H24FN3O4S. The van der Waals surface area contributed by atoms with Gasteiger partial charge >= 0.3 is 11.8 Å². The predicted molar refractivity (Wildman–Crippen MR) is 109 cm³/mol. The first-order chi connectivity index (χ1) is 14.3. The summed E-state index contributed by atoms with van der Waals surface area (Å²) in [6.07, 6.45) is 1.28. The van der Waals surface area contributed by atoms with Crippen molar-refractivity contribution in [1.82, 2.24) is 14.9 Å². The van der Waals surface area contributed by atoms with Crippen molar-refractivity contribution in [1.29, 1.82) is 0 Å². The Balaban J connectivity index is 1.54. The molecule has 0 unspecified atom stereocenters. The molecule has 30 heavy (non-hydrogen) atoms. The molecule has 1 aliphatic rings. The lowest BCUT2D eigenvalue weighted by Gasteiger charge is -2.24. The molecule has 1 saturated heterocycles. The normalized spacial score (nSPS) is 16.9. The van der Waals surface area contributed by atoms with Crippen molar-refractivity contribution in [3.8, 4) is 0 Å². The first kappa shape index (κ1) is 21.9. The summed E-state index contributed by atoms with van der Waals surface area (Å²) >= 11 is 0. The molecule has 2 N–H and O–H groups in total. The molecule has 160 valence electrons. The number of aryl methyl sites for hydroxylation is 1. The number of benzene rings is 2. The molecule has 3 rings (SSSR count). The molecule has 7 nitrogen and oxygen atoms in total. The Labute approximate surface area is 175 Å². The number of sulfonamides is 1. The minimum atomic E-state index is -3.67. The maximum atomic E-state index is 12.9. The van der Waals surface area contributed by atoms with E-state index in [1.165, 1.54) is 28.6 Å². The van der Waals surface area contributed by atoms with Crippen LogP contribution in [0.5, 0.6) is 0 Å². The largest absolute Gasteiger partial charge is 0.346 e. The number of hydrogen-bond acceptors (Lipinski definition) is 4. The summed E-state index contributed by atoms with van der Waals surface area (Å²) < 4.78 is 40.1. The highest BCUT2D eigenvalue weighted by Gasteiger charge is 2.35. The molecule has 0 radical (unpaired) electrons. The third-order valence-corrected chi connectivity index (χ3v) is 6.99. The number of nitrogens with one attached hydrogen (secondary N) is 2. The van der Waals surface area contributed by atoms with Crippen LogP contribution in [-0.2, 0) is 26.2 Å². The SMILES string of the molecule is Cc1ccc(S(=O)(=O)N2CCC[C@H]2CNC(=O)C(=O)NCc2ccc(F)cc2)cc1. The van der Waals surface area contributed by atoms with Gasteiger partial charge in [-0.1, -0.05) is 29.8 Å². The Hall–Kier alpha value is -2.78. The van der Waals surface area contributed by atoms with Crippen molar-refractivity contribution in [3.05, 3.63) is 65.5 Å². The summed E-state index contributed by atoms with van der Waals surface area (Å²) in [5.74, 6) is -2.05. The predicted octanol–water partition coefficient (Wildman–Crippen LogP) is 1.72. The Morgan fingerprint density at radius 2 is 1.67 bits per heavy atom. The monoisotopic (exact) mass is 433 g/mol. The van der Waals surface area contributed by atoms with Gasteiger partial charge in [-0.05, 0) is 49.6 Å². The van der Waals surface area contributed by atoms with Gasteiger partial charge < -0.3 is 10.6 Å². The highest BCUT2D eigenvalue weighted by molar-refractivity contribution is 7.89. The van der Waals surface area contributed by atoms with Gasteiger partial charge in [0.25, 0.3) is 0 Å². The Kier molecular flexibility index (Phi) is 6.84. The quantitative estimate of drug-likeness (QED) is 0.678. The lowest BCUT2D eigenvalue weighted by Crippen LogP contribution is -2.46. The van der Waals surface area contributed by atoms with Gasteiger partial charge in [-0.25, -0.2) is 12.8 Å². The van der Waals surface area contributed by atoms with E-state index >= 15 is 0 Å². The number of carbonyl (C=O) groups is 2. The molecule has 1 fully saturated rings. The van der Waals surface area contributed by atoms with Crippen LogP contribution in [0.1, 0.15) is 24.0 Å². The van der Waals surface area contributed by atoms with Crippen LogP contribution in [0.3, 0.4) is 0 Å². The highest BCUT2D eigenvalue weighted by Crippen LogP contribution is 2.25. The molecule has 1 heterocycles. The van der Waals surface area contributed by atoms with Crippen LogP contribution in [0.15, 0.2) is 53.4 Å². The van der Waals surface area contributed by atoms with E-state index in [0.717, 1.165) is 5.56 Å². The summed E-state index contributed by atoms with van der Waals surface area (Å²) in [6.45, 7) is 2.39. The second kappa shape index (κ2) is 9.36. The van der Waals surface area contributed by atoms with Gasteiger partial charge in [0, 0.05) is 25.7 Å². The van der Waals surface area contributed by atoms with Gasteiger partial charge in [0.15, 0.2) is 0 Å². The van der Waals surface area contributed by atoms with Crippen LogP contribution in [0, 0.1) is 12.7 Å². The summed E-state index contributed by atoms with van der Waals surface area (Å²) in [4.78, 5) is 24.3. The van der Waals surface area contributed by atoms with Crippen LogP contribution in [0.4, 0.5) is 4.39 Å². The van der Waals surface area contributed by atoms with Gasteiger partial charge in [0.2, 0.25) is 10.0 Å². The van der Waals surface area contributed by atoms with Crippen molar-refractivity contribution >= 4 is 21.8 Å². The lowest BCUT2D eigenvalue weighted by atomic mass is 10.2. The third kappa shape index (κ3) is 5.22. The van der Waals surface area contributed by atoms with E-state index in [9.17, 15) is 22.4 Å². The number of rotatable bonds is 6. The molecule has 0 aromatic heterocycles.